The first kappa shape index (κ1) is 14.6. The minimum Gasteiger partial charge on any atom is -0.324 e. The van der Waals surface area contributed by atoms with E-state index in [0.29, 0.717) is 6.16 Å². The molecule has 2 nitrogen and oxygen atoms in total. The van der Waals surface area contributed by atoms with E-state index in [1.54, 1.807) is 13.3 Å². The lowest BCUT2D eigenvalue weighted by Crippen LogP contribution is -2.02. The summed E-state index contributed by atoms with van der Waals surface area (Å²) in [6.45, 7) is 3.46. The summed E-state index contributed by atoms with van der Waals surface area (Å²) in [5.74, 6) is -0.291. The van der Waals surface area contributed by atoms with Crippen LogP contribution in [0.5, 0.6) is 0 Å². The van der Waals surface area contributed by atoms with Gasteiger partial charge in [-0.2, -0.15) is 5.26 Å². The van der Waals surface area contributed by atoms with Gasteiger partial charge >= 0.3 is 0 Å². The summed E-state index contributed by atoms with van der Waals surface area (Å²) >= 11 is 0. The molecule has 0 N–H and O–H groups in total. The maximum atomic E-state index is 11.9. The molecule has 0 saturated carbocycles. The van der Waals surface area contributed by atoms with Gasteiger partial charge in [-0.25, -0.2) is 0 Å². The zero-order chi connectivity index (χ0) is 14.6. The smallest absolute Gasteiger partial charge is 0.0835 e. The molecule has 0 aliphatic carbocycles. The Labute approximate surface area is 120 Å². The highest BCUT2D eigenvalue weighted by Gasteiger charge is 2.18. The highest BCUT2D eigenvalue weighted by atomic mass is 31.2. The molecule has 1 atom stereocenters. The van der Waals surface area contributed by atoms with Crippen LogP contribution in [0.3, 0.4) is 0 Å². The highest BCUT2D eigenvalue weighted by molar-refractivity contribution is 7.62. The Bertz CT molecular complexity index is 650. The quantitative estimate of drug-likeness (QED) is 0.770. The van der Waals surface area contributed by atoms with Crippen LogP contribution in [-0.2, 0) is 4.57 Å². The molecule has 0 radical (unpaired) electrons. The fraction of sp³-hybridized carbons (Fsp3) is 0.235. The van der Waals surface area contributed by atoms with Gasteiger partial charge in [-0.1, -0.05) is 54.6 Å². The van der Waals surface area contributed by atoms with Crippen molar-refractivity contribution in [3.8, 4) is 17.2 Å². The molecule has 0 heterocycles. The van der Waals surface area contributed by atoms with Crippen molar-refractivity contribution >= 4 is 7.14 Å². The van der Waals surface area contributed by atoms with E-state index in [9.17, 15) is 9.83 Å². The fourth-order valence-corrected chi connectivity index (χ4v) is 3.37. The lowest BCUT2D eigenvalue weighted by atomic mass is 9.98. The number of rotatable bonds is 4. The van der Waals surface area contributed by atoms with Gasteiger partial charge in [0.25, 0.3) is 0 Å². The lowest BCUT2D eigenvalue weighted by Gasteiger charge is -2.13. The maximum absolute atomic E-state index is 11.9. The first-order valence-corrected chi connectivity index (χ1v) is 9.37. The van der Waals surface area contributed by atoms with Crippen molar-refractivity contribution in [3.05, 3.63) is 60.2 Å². The summed E-state index contributed by atoms with van der Waals surface area (Å²) in [5.41, 5.74) is 3.22. The zero-order valence-corrected chi connectivity index (χ0v) is 12.7. The van der Waals surface area contributed by atoms with Crippen LogP contribution in [0, 0.1) is 11.3 Å². The van der Waals surface area contributed by atoms with Gasteiger partial charge in [0.1, 0.15) is 0 Å². The Morgan fingerprint density at radius 3 is 2.05 bits per heavy atom. The average Bonchev–Trinajstić information content (AvgIpc) is 2.45. The fourth-order valence-electron chi connectivity index (χ4n) is 2.20. The number of hydrogen-bond acceptors (Lipinski definition) is 2. The topological polar surface area (TPSA) is 40.9 Å². The van der Waals surface area contributed by atoms with E-state index in [2.05, 4.69) is 18.2 Å². The van der Waals surface area contributed by atoms with Crippen LogP contribution in [0.4, 0.5) is 0 Å². The molecule has 0 bridgehead atoms. The third-order valence-electron chi connectivity index (χ3n) is 3.20. The summed E-state index contributed by atoms with van der Waals surface area (Å²) in [6, 6.07) is 20.3. The Kier molecular flexibility index (Phi) is 4.42. The van der Waals surface area contributed by atoms with E-state index >= 15 is 0 Å². The molecule has 0 amide bonds. The van der Waals surface area contributed by atoms with Crippen molar-refractivity contribution in [3.63, 3.8) is 0 Å². The summed E-state index contributed by atoms with van der Waals surface area (Å²) in [6.07, 6.45) is 0.439. The number of hydrogen-bond donors (Lipinski definition) is 0. The van der Waals surface area contributed by atoms with Crippen LogP contribution >= 0.6 is 7.14 Å². The Hall–Kier alpha value is -1.84. The molecule has 0 fully saturated rings. The Balaban J connectivity index is 2.24. The Morgan fingerprint density at radius 2 is 1.55 bits per heavy atom. The third kappa shape index (κ3) is 3.83. The van der Waals surface area contributed by atoms with E-state index in [1.807, 2.05) is 42.5 Å². The minimum atomic E-state index is -2.20. The second-order valence-corrected chi connectivity index (χ2v) is 8.94. The van der Waals surface area contributed by atoms with Crippen LogP contribution in [0.1, 0.15) is 11.5 Å². The molecule has 0 unspecified atom stereocenters. The van der Waals surface area contributed by atoms with Gasteiger partial charge in [0.15, 0.2) is 0 Å². The maximum Gasteiger partial charge on any atom is 0.0835 e. The van der Waals surface area contributed by atoms with Crippen LogP contribution in [0.25, 0.3) is 11.1 Å². The molecule has 0 aliphatic heterocycles. The minimum absolute atomic E-state index is 0.291. The van der Waals surface area contributed by atoms with E-state index in [-0.39, 0.29) is 5.92 Å². The van der Waals surface area contributed by atoms with E-state index in [0.717, 1.165) is 16.7 Å². The van der Waals surface area contributed by atoms with Crippen molar-refractivity contribution in [2.24, 2.45) is 0 Å². The lowest BCUT2D eigenvalue weighted by molar-refractivity contribution is 0.580. The van der Waals surface area contributed by atoms with Gasteiger partial charge in [0.2, 0.25) is 0 Å². The molecule has 0 spiro atoms. The first-order chi connectivity index (χ1) is 9.49. The molecule has 2 aromatic rings. The van der Waals surface area contributed by atoms with Gasteiger partial charge in [-0.15, -0.1) is 0 Å². The second-order valence-electron chi connectivity index (χ2n) is 5.43. The number of nitriles is 1. The van der Waals surface area contributed by atoms with Crippen molar-refractivity contribution < 1.29 is 4.57 Å². The van der Waals surface area contributed by atoms with Gasteiger partial charge in [0.05, 0.1) is 19.1 Å². The zero-order valence-electron chi connectivity index (χ0n) is 11.8. The van der Waals surface area contributed by atoms with Crippen molar-refractivity contribution in [2.75, 3.05) is 19.5 Å². The van der Waals surface area contributed by atoms with Gasteiger partial charge in [-0.3, -0.25) is 0 Å². The first-order valence-electron chi connectivity index (χ1n) is 6.58. The molecule has 20 heavy (non-hydrogen) atoms. The van der Waals surface area contributed by atoms with Crippen LogP contribution < -0.4 is 0 Å². The Morgan fingerprint density at radius 1 is 1.00 bits per heavy atom. The molecule has 0 aliphatic rings. The van der Waals surface area contributed by atoms with E-state index < -0.39 is 7.14 Å². The van der Waals surface area contributed by atoms with Crippen molar-refractivity contribution in [1.82, 2.24) is 0 Å². The summed E-state index contributed by atoms with van der Waals surface area (Å²) in [5, 5.41) is 9.26. The predicted octanol–water partition coefficient (Wildman–Crippen LogP) is 4.58. The normalized spacial score (nSPS) is 12.7. The van der Waals surface area contributed by atoms with Gasteiger partial charge in [-0.05, 0) is 30.0 Å². The average molecular weight is 283 g/mol. The van der Waals surface area contributed by atoms with Gasteiger partial charge in [0, 0.05) is 6.16 Å². The molecular weight excluding hydrogens is 265 g/mol. The largest absolute Gasteiger partial charge is 0.324 e. The second kappa shape index (κ2) is 6.07. The standard InChI is InChI=1S/C17H18NOP/c1-20(2,19)13-17(12-18)16-10-8-15(9-11-16)14-6-4-3-5-7-14/h3-11,17H,13H2,1-2H3/t17-/m0/s1. The SMILES string of the molecule is CP(C)(=O)C[C@H](C#N)c1ccc(-c2ccccc2)cc1. The van der Waals surface area contributed by atoms with Crippen LogP contribution in [0.2, 0.25) is 0 Å². The molecule has 2 aromatic carbocycles. The molecule has 2 rings (SSSR count). The highest BCUT2D eigenvalue weighted by Crippen LogP contribution is 2.41. The number of nitrogens with zero attached hydrogens (tertiary/aromatic N) is 1. The van der Waals surface area contributed by atoms with Crippen molar-refractivity contribution in [1.29, 1.82) is 5.26 Å². The predicted molar refractivity (Wildman–Crippen MR) is 84.6 cm³/mol. The van der Waals surface area contributed by atoms with Crippen molar-refractivity contribution in [2.45, 2.75) is 5.92 Å². The number of benzene rings is 2. The van der Waals surface area contributed by atoms with E-state index in [1.165, 1.54) is 0 Å². The summed E-state index contributed by atoms with van der Waals surface area (Å²) in [4.78, 5) is 0. The molecule has 102 valence electrons. The molecule has 0 saturated heterocycles. The summed E-state index contributed by atoms with van der Waals surface area (Å²) < 4.78 is 11.9. The molecule has 3 heteroatoms. The van der Waals surface area contributed by atoms with Crippen LogP contribution in [0.15, 0.2) is 54.6 Å². The monoisotopic (exact) mass is 283 g/mol. The van der Waals surface area contributed by atoms with Gasteiger partial charge < -0.3 is 4.57 Å². The molecular formula is C17H18NOP. The van der Waals surface area contributed by atoms with E-state index in [4.69, 9.17) is 0 Å². The third-order valence-corrected chi connectivity index (χ3v) is 4.44. The van der Waals surface area contributed by atoms with Crippen LogP contribution in [-0.4, -0.2) is 19.5 Å². The molecule has 0 aromatic heterocycles. The summed E-state index contributed by atoms with van der Waals surface area (Å²) in [7, 11) is -2.20.